The van der Waals surface area contributed by atoms with Crippen LogP contribution in [0, 0.1) is 5.92 Å². The highest BCUT2D eigenvalue weighted by atomic mass is 16.5. The molecule has 6 nitrogen and oxygen atoms in total. The highest BCUT2D eigenvalue weighted by molar-refractivity contribution is 5.94. The zero-order chi connectivity index (χ0) is 17.5. The van der Waals surface area contributed by atoms with Gasteiger partial charge in [-0.15, -0.1) is 0 Å². The fourth-order valence-electron chi connectivity index (χ4n) is 2.99. The van der Waals surface area contributed by atoms with E-state index < -0.39 is 0 Å². The monoisotopic (exact) mass is 333 g/mol. The van der Waals surface area contributed by atoms with E-state index in [0.717, 1.165) is 31.6 Å². The van der Waals surface area contributed by atoms with Crippen molar-refractivity contribution >= 4 is 17.7 Å². The number of ether oxygens (including phenoxy) is 1. The summed E-state index contributed by atoms with van der Waals surface area (Å²) in [5, 5.41) is 0. The minimum atomic E-state index is -0.217. The molecule has 1 aliphatic rings. The van der Waals surface area contributed by atoms with Crippen molar-refractivity contribution in [3.8, 4) is 0 Å². The number of pyridine rings is 1. The van der Waals surface area contributed by atoms with Crippen LogP contribution in [-0.2, 0) is 9.53 Å². The van der Waals surface area contributed by atoms with Crippen molar-refractivity contribution < 1.29 is 14.3 Å². The third-order valence-corrected chi connectivity index (χ3v) is 4.27. The van der Waals surface area contributed by atoms with Crippen LogP contribution >= 0.6 is 0 Å². The van der Waals surface area contributed by atoms with E-state index in [2.05, 4.69) is 16.8 Å². The molecule has 2 heterocycles. The molecule has 0 unspecified atom stereocenters. The number of carbonyl (C=O) groups is 2. The predicted molar refractivity (Wildman–Crippen MR) is 93.1 cm³/mol. The molecule has 0 spiro atoms. The Morgan fingerprint density at radius 1 is 1.38 bits per heavy atom. The lowest BCUT2D eigenvalue weighted by Gasteiger charge is -2.31. The quantitative estimate of drug-likeness (QED) is 0.748. The van der Waals surface area contributed by atoms with Gasteiger partial charge in [0.15, 0.2) is 0 Å². The molecule has 0 bridgehead atoms. The van der Waals surface area contributed by atoms with E-state index in [4.69, 9.17) is 4.74 Å². The smallest absolute Gasteiger partial charge is 0.310 e. The van der Waals surface area contributed by atoms with Crippen LogP contribution in [0.5, 0.6) is 0 Å². The van der Waals surface area contributed by atoms with Crippen LogP contribution < -0.4 is 4.90 Å². The molecule has 1 aliphatic heterocycles. The van der Waals surface area contributed by atoms with Crippen molar-refractivity contribution in [1.82, 2.24) is 9.88 Å². The number of hydrogen-bond acceptors (Lipinski definition) is 5. The molecule has 0 radical (unpaired) electrons. The number of likely N-dealkylation sites (tertiary alicyclic amines) is 1. The molecule has 1 aromatic heterocycles. The maximum Gasteiger partial charge on any atom is 0.310 e. The topological polar surface area (TPSA) is 62.7 Å². The molecule has 0 N–H and O–H groups in total. The Labute approximate surface area is 143 Å². The van der Waals surface area contributed by atoms with Gasteiger partial charge in [0.1, 0.15) is 5.82 Å². The molecular formula is C18H27N3O3. The summed E-state index contributed by atoms with van der Waals surface area (Å²) in [5.41, 5.74) is 0.563. The molecule has 1 aromatic rings. The molecule has 6 heteroatoms. The zero-order valence-electron chi connectivity index (χ0n) is 14.8. The number of hydrogen-bond donors (Lipinski definition) is 0. The molecule has 1 amide bonds. The number of anilines is 1. The van der Waals surface area contributed by atoms with E-state index in [-0.39, 0.29) is 17.8 Å². The normalized spacial score (nSPS) is 17.5. The summed E-state index contributed by atoms with van der Waals surface area (Å²) >= 11 is 0. The van der Waals surface area contributed by atoms with E-state index in [0.29, 0.717) is 25.3 Å². The molecule has 1 atom stereocenters. The highest BCUT2D eigenvalue weighted by Crippen LogP contribution is 2.20. The average molecular weight is 333 g/mol. The molecule has 2 rings (SSSR count). The first-order valence-corrected chi connectivity index (χ1v) is 8.69. The number of nitrogens with zero attached hydrogens (tertiary/aromatic N) is 3. The summed E-state index contributed by atoms with van der Waals surface area (Å²) in [4.78, 5) is 32.7. The fourth-order valence-corrected chi connectivity index (χ4v) is 2.99. The number of carbonyl (C=O) groups excluding carboxylic acids is 2. The largest absolute Gasteiger partial charge is 0.466 e. The Morgan fingerprint density at radius 2 is 2.17 bits per heavy atom. The van der Waals surface area contributed by atoms with E-state index >= 15 is 0 Å². The molecule has 0 aromatic carbocycles. The van der Waals surface area contributed by atoms with Gasteiger partial charge in [-0.2, -0.15) is 0 Å². The van der Waals surface area contributed by atoms with Crippen molar-refractivity contribution in [1.29, 1.82) is 0 Å². The van der Waals surface area contributed by atoms with Gasteiger partial charge in [-0.05, 0) is 38.3 Å². The Bertz CT molecular complexity index is 559. The molecule has 0 saturated carbocycles. The second-order valence-electron chi connectivity index (χ2n) is 6.17. The maximum atomic E-state index is 12.7. The van der Waals surface area contributed by atoms with Gasteiger partial charge in [0.25, 0.3) is 5.91 Å². The van der Waals surface area contributed by atoms with Crippen molar-refractivity contribution in [2.75, 3.05) is 38.2 Å². The van der Waals surface area contributed by atoms with Crippen molar-refractivity contribution in [3.05, 3.63) is 23.9 Å². The summed E-state index contributed by atoms with van der Waals surface area (Å²) in [6.45, 7) is 6.31. The van der Waals surface area contributed by atoms with Crippen LogP contribution in [0.3, 0.4) is 0 Å². The summed E-state index contributed by atoms with van der Waals surface area (Å²) in [7, 11) is 1.99. The minimum Gasteiger partial charge on any atom is -0.466 e. The Morgan fingerprint density at radius 3 is 2.79 bits per heavy atom. The lowest BCUT2D eigenvalue weighted by atomic mass is 9.97. The van der Waals surface area contributed by atoms with Crippen molar-refractivity contribution in [2.24, 2.45) is 5.92 Å². The van der Waals surface area contributed by atoms with Crippen LogP contribution in [0.1, 0.15) is 43.5 Å². The first-order chi connectivity index (χ1) is 11.6. The summed E-state index contributed by atoms with van der Waals surface area (Å²) < 4.78 is 5.09. The van der Waals surface area contributed by atoms with Gasteiger partial charge < -0.3 is 14.5 Å². The van der Waals surface area contributed by atoms with Crippen LogP contribution in [-0.4, -0.2) is 55.0 Å². The van der Waals surface area contributed by atoms with Crippen molar-refractivity contribution in [3.63, 3.8) is 0 Å². The molecular weight excluding hydrogens is 306 g/mol. The second-order valence-corrected chi connectivity index (χ2v) is 6.17. The van der Waals surface area contributed by atoms with Gasteiger partial charge in [0.2, 0.25) is 0 Å². The first kappa shape index (κ1) is 18.2. The number of rotatable bonds is 6. The third kappa shape index (κ3) is 4.46. The molecule has 132 valence electrons. The Balaban J connectivity index is 2.01. The number of aromatic nitrogens is 1. The Kier molecular flexibility index (Phi) is 6.58. The van der Waals surface area contributed by atoms with Crippen LogP contribution in [0.25, 0.3) is 0 Å². The summed E-state index contributed by atoms with van der Waals surface area (Å²) in [6.07, 6.45) is 4.27. The van der Waals surface area contributed by atoms with Crippen LogP contribution in [0.15, 0.2) is 18.3 Å². The van der Waals surface area contributed by atoms with Crippen LogP contribution in [0.2, 0.25) is 0 Å². The Hall–Kier alpha value is -2.11. The second kappa shape index (κ2) is 8.66. The first-order valence-electron chi connectivity index (χ1n) is 8.69. The summed E-state index contributed by atoms with van der Waals surface area (Å²) in [6, 6.07) is 3.68. The lowest BCUT2D eigenvalue weighted by Crippen LogP contribution is -2.42. The SMILES string of the molecule is CCCN(C)c1ccc(C(=O)N2CCC[C@@H](C(=O)OCC)C2)cn1. The molecule has 1 saturated heterocycles. The van der Waals surface area contributed by atoms with Gasteiger partial charge >= 0.3 is 5.97 Å². The average Bonchev–Trinajstić information content (AvgIpc) is 2.62. The number of esters is 1. The van der Waals surface area contributed by atoms with Crippen molar-refractivity contribution in [2.45, 2.75) is 33.1 Å². The standard InChI is InChI=1S/C18H27N3O3/c1-4-10-20(3)16-9-8-14(12-19-16)17(22)21-11-6-7-15(13-21)18(23)24-5-2/h8-9,12,15H,4-7,10-11,13H2,1-3H3/t15-/m1/s1. The van der Waals surface area contributed by atoms with Crippen LogP contribution in [0.4, 0.5) is 5.82 Å². The van der Waals surface area contributed by atoms with Gasteiger partial charge in [0, 0.05) is 32.9 Å². The molecule has 1 fully saturated rings. The van der Waals surface area contributed by atoms with Gasteiger partial charge in [-0.25, -0.2) is 4.98 Å². The van der Waals surface area contributed by atoms with Gasteiger partial charge in [-0.1, -0.05) is 6.92 Å². The predicted octanol–water partition coefficient (Wildman–Crippen LogP) is 2.34. The van der Waals surface area contributed by atoms with Gasteiger partial charge in [0.05, 0.1) is 18.1 Å². The minimum absolute atomic E-state index is 0.0683. The molecule has 0 aliphatic carbocycles. The van der Waals surface area contributed by atoms with E-state index in [1.54, 1.807) is 18.0 Å². The van der Waals surface area contributed by atoms with Gasteiger partial charge in [-0.3, -0.25) is 9.59 Å². The number of amides is 1. The molecule has 24 heavy (non-hydrogen) atoms. The lowest BCUT2D eigenvalue weighted by molar-refractivity contribution is -0.149. The third-order valence-electron chi connectivity index (χ3n) is 4.27. The summed E-state index contributed by atoms with van der Waals surface area (Å²) in [5.74, 6) is 0.368. The van der Waals surface area contributed by atoms with E-state index in [1.165, 1.54) is 0 Å². The zero-order valence-corrected chi connectivity index (χ0v) is 14.8. The fraction of sp³-hybridized carbons (Fsp3) is 0.611. The number of piperidine rings is 1. The highest BCUT2D eigenvalue weighted by Gasteiger charge is 2.29. The maximum absolute atomic E-state index is 12.7. The van der Waals surface area contributed by atoms with E-state index in [1.807, 2.05) is 19.2 Å². The van der Waals surface area contributed by atoms with E-state index in [9.17, 15) is 9.59 Å².